The fraction of sp³-hybridized carbons (Fsp3) is 0.0833. The Balaban J connectivity index is 2.23. The van der Waals surface area contributed by atoms with Crippen LogP contribution in [0, 0.1) is 3.57 Å². The lowest BCUT2D eigenvalue weighted by Crippen LogP contribution is -2.36. The summed E-state index contributed by atoms with van der Waals surface area (Å²) in [4.78, 5) is 35.5. The Morgan fingerprint density at radius 1 is 1.32 bits per heavy atom. The molecule has 0 aromatic heterocycles. The summed E-state index contributed by atoms with van der Waals surface area (Å²) in [5.74, 6) is -1.19. The van der Waals surface area contributed by atoms with E-state index < -0.39 is 17.1 Å². The zero-order chi connectivity index (χ0) is 14.0. The van der Waals surface area contributed by atoms with Crippen LogP contribution in [-0.2, 0) is 9.59 Å². The van der Waals surface area contributed by atoms with E-state index >= 15 is 0 Å². The molecule has 0 saturated carbocycles. The summed E-state index contributed by atoms with van der Waals surface area (Å²) in [6, 6.07) is 7.51. The number of carbonyl (C=O) groups is 3. The van der Waals surface area contributed by atoms with Crippen molar-refractivity contribution in [3.05, 3.63) is 38.3 Å². The van der Waals surface area contributed by atoms with Gasteiger partial charge in [-0.3, -0.25) is 19.3 Å². The Kier molecular flexibility index (Phi) is 4.25. The zero-order valence-corrected chi connectivity index (χ0v) is 12.6. The van der Waals surface area contributed by atoms with Gasteiger partial charge < -0.3 is 5.73 Å². The van der Waals surface area contributed by atoms with Crippen LogP contribution in [0.1, 0.15) is 5.56 Å². The van der Waals surface area contributed by atoms with Crippen LogP contribution < -0.4 is 5.73 Å². The lowest BCUT2D eigenvalue weighted by molar-refractivity contribution is -0.127. The number of carbonyl (C=O) groups excluding carboxylic acids is 3. The third-order valence-electron chi connectivity index (χ3n) is 2.36. The molecule has 3 amide bonds. The van der Waals surface area contributed by atoms with Crippen molar-refractivity contribution in [3.63, 3.8) is 0 Å². The number of nitrogens with two attached hydrogens (primary N) is 1. The second-order valence-corrected chi connectivity index (χ2v) is 6.02. The van der Waals surface area contributed by atoms with Gasteiger partial charge in [-0.1, -0.05) is 12.1 Å². The molecule has 1 saturated heterocycles. The van der Waals surface area contributed by atoms with E-state index in [0.717, 1.165) is 25.8 Å². The number of amides is 3. The van der Waals surface area contributed by atoms with E-state index in [2.05, 4.69) is 22.6 Å². The van der Waals surface area contributed by atoms with Crippen LogP contribution in [0.15, 0.2) is 29.2 Å². The third-order valence-corrected chi connectivity index (χ3v) is 3.98. The summed E-state index contributed by atoms with van der Waals surface area (Å²) in [6.45, 7) is -0.380. The second kappa shape index (κ2) is 5.74. The predicted octanol–water partition coefficient (Wildman–Crippen LogP) is 1.81. The Morgan fingerprint density at radius 2 is 1.95 bits per heavy atom. The van der Waals surface area contributed by atoms with Crippen molar-refractivity contribution in [3.8, 4) is 0 Å². The number of imide groups is 1. The first-order valence-corrected chi connectivity index (χ1v) is 7.16. The van der Waals surface area contributed by atoms with E-state index in [0.29, 0.717) is 4.91 Å². The number of nitrogens with zero attached hydrogens (tertiary/aromatic N) is 1. The minimum Gasteiger partial charge on any atom is -0.368 e. The van der Waals surface area contributed by atoms with Gasteiger partial charge >= 0.3 is 0 Å². The van der Waals surface area contributed by atoms with Crippen molar-refractivity contribution in [2.24, 2.45) is 5.73 Å². The minimum absolute atomic E-state index is 0.299. The largest absolute Gasteiger partial charge is 0.368 e. The Morgan fingerprint density at radius 3 is 2.53 bits per heavy atom. The molecule has 1 heterocycles. The maximum Gasteiger partial charge on any atom is 0.294 e. The lowest BCUT2D eigenvalue weighted by Gasteiger charge is -2.08. The van der Waals surface area contributed by atoms with Gasteiger partial charge in [0.25, 0.3) is 11.1 Å². The summed E-state index contributed by atoms with van der Waals surface area (Å²) >= 11 is 2.99. The average molecular weight is 388 g/mol. The molecule has 7 heteroatoms. The van der Waals surface area contributed by atoms with Crippen LogP contribution in [0.2, 0.25) is 0 Å². The lowest BCUT2D eigenvalue weighted by atomic mass is 10.2. The van der Waals surface area contributed by atoms with Crippen molar-refractivity contribution in [1.82, 2.24) is 4.90 Å². The molecule has 1 aromatic rings. The molecule has 0 spiro atoms. The molecule has 1 aliphatic heterocycles. The number of rotatable bonds is 3. The zero-order valence-electron chi connectivity index (χ0n) is 9.63. The van der Waals surface area contributed by atoms with Crippen LogP contribution in [-0.4, -0.2) is 28.5 Å². The normalized spacial score (nSPS) is 17.3. The summed E-state index contributed by atoms with van der Waals surface area (Å²) < 4.78 is 1.08. The van der Waals surface area contributed by atoms with Gasteiger partial charge in [-0.2, -0.15) is 0 Å². The van der Waals surface area contributed by atoms with E-state index in [1.54, 1.807) is 6.08 Å². The first-order valence-electron chi connectivity index (χ1n) is 5.26. The Bertz CT molecular complexity index is 583. The molecule has 1 fully saturated rings. The van der Waals surface area contributed by atoms with Gasteiger partial charge in [0, 0.05) is 3.57 Å². The molecule has 0 bridgehead atoms. The highest BCUT2D eigenvalue weighted by molar-refractivity contribution is 14.1. The van der Waals surface area contributed by atoms with Crippen LogP contribution >= 0.6 is 34.4 Å². The fourth-order valence-corrected chi connectivity index (χ4v) is 2.70. The SMILES string of the molecule is NC(=O)CN1C(=O)S/C(=C\c2ccc(I)cc2)C1=O. The molecule has 19 heavy (non-hydrogen) atoms. The van der Waals surface area contributed by atoms with Gasteiger partial charge in [0.15, 0.2) is 0 Å². The average Bonchev–Trinajstić information content (AvgIpc) is 2.60. The highest BCUT2D eigenvalue weighted by Crippen LogP contribution is 2.31. The summed E-state index contributed by atoms with van der Waals surface area (Å²) in [7, 11) is 0. The topological polar surface area (TPSA) is 80.5 Å². The molecule has 2 N–H and O–H groups in total. The number of thioether (sulfide) groups is 1. The summed E-state index contributed by atoms with van der Waals surface area (Å²) in [5, 5.41) is -0.472. The molecule has 98 valence electrons. The van der Waals surface area contributed by atoms with Crippen molar-refractivity contribution in [2.45, 2.75) is 0 Å². The number of primary amides is 1. The molecule has 1 aromatic carbocycles. The van der Waals surface area contributed by atoms with Crippen molar-refractivity contribution in [2.75, 3.05) is 6.54 Å². The van der Waals surface area contributed by atoms with Gasteiger partial charge in [0.1, 0.15) is 6.54 Å². The molecular weight excluding hydrogens is 379 g/mol. The van der Waals surface area contributed by atoms with E-state index in [9.17, 15) is 14.4 Å². The molecule has 0 aliphatic carbocycles. The Hall–Kier alpha value is -1.35. The molecule has 0 unspecified atom stereocenters. The highest BCUT2D eigenvalue weighted by atomic mass is 127. The molecule has 1 aliphatic rings. The standard InChI is InChI=1S/C12H9IN2O3S/c13-8-3-1-7(2-4-8)5-9-11(17)15(6-10(14)16)12(18)19-9/h1-5H,6H2,(H2,14,16)/b9-5-. The van der Waals surface area contributed by atoms with Crippen molar-refractivity contribution >= 4 is 57.5 Å². The molecule has 2 rings (SSSR count). The number of halogens is 1. The highest BCUT2D eigenvalue weighted by Gasteiger charge is 2.35. The molecule has 0 atom stereocenters. The summed E-state index contributed by atoms with van der Waals surface area (Å²) in [6.07, 6.45) is 1.63. The fourth-order valence-electron chi connectivity index (χ4n) is 1.50. The predicted molar refractivity (Wildman–Crippen MR) is 81.0 cm³/mol. The number of benzene rings is 1. The van der Waals surface area contributed by atoms with Crippen LogP contribution in [0.4, 0.5) is 4.79 Å². The van der Waals surface area contributed by atoms with Gasteiger partial charge in [-0.05, 0) is 58.1 Å². The van der Waals surface area contributed by atoms with Crippen LogP contribution in [0.3, 0.4) is 0 Å². The van der Waals surface area contributed by atoms with E-state index in [1.165, 1.54) is 0 Å². The van der Waals surface area contributed by atoms with Crippen molar-refractivity contribution in [1.29, 1.82) is 0 Å². The number of hydrogen-bond acceptors (Lipinski definition) is 4. The quantitative estimate of drug-likeness (QED) is 0.633. The monoisotopic (exact) mass is 388 g/mol. The smallest absolute Gasteiger partial charge is 0.294 e. The molecule has 0 radical (unpaired) electrons. The van der Waals surface area contributed by atoms with Gasteiger partial charge in [-0.25, -0.2) is 0 Å². The van der Waals surface area contributed by atoms with Crippen LogP contribution in [0.5, 0.6) is 0 Å². The summed E-state index contributed by atoms with van der Waals surface area (Å²) in [5.41, 5.74) is 5.82. The van der Waals surface area contributed by atoms with Gasteiger partial charge in [-0.15, -0.1) is 0 Å². The maximum atomic E-state index is 11.9. The molecule has 5 nitrogen and oxygen atoms in total. The first kappa shape index (κ1) is 14.1. The molecular formula is C12H9IN2O3S. The van der Waals surface area contributed by atoms with Gasteiger partial charge in [0.2, 0.25) is 5.91 Å². The third kappa shape index (κ3) is 3.35. The minimum atomic E-state index is -0.710. The van der Waals surface area contributed by atoms with Crippen molar-refractivity contribution < 1.29 is 14.4 Å². The maximum absolute atomic E-state index is 11.9. The van der Waals surface area contributed by atoms with E-state index in [4.69, 9.17) is 5.73 Å². The number of hydrogen-bond donors (Lipinski definition) is 1. The van der Waals surface area contributed by atoms with Crippen LogP contribution in [0.25, 0.3) is 6.08 Å². The van der Waals surface area contributed by atoms with Gasteiger partial charge in [0.05, 0.1) is 4.91 Å². The second-order valence-electron chi connectivity index (χ2n) is 3.79. The van der Waals surface area contributed by atoms with E-state index in [-0.39, 0.29) is 6.54 Å². The van der Waals surface area contributed by atoms with E-state index in [1.807, 2.05) is 24.3 Å². The Labute approximate surface area is 127 Å². The first-order chi connectivity index (χ1) is 8.97.